The molecule has 1 N–H and O–H groups in total. The van der Waals surface area contributed by atoms with E-state index < -0.39 is 0 Å². The second kappa shape index (κ2) is 8.34. The van der Waals surface area contributed by atoms with E-state index in [0.29, 0.717) is 27.7 Å². The molecule has 3 heterocycles. The van der Waals surface area contributed by atoms with Crippen molar-refractivity contribution in [2.75, 3.05) is 17.0 Å². The Bertz CT molecular complexity index is 1370. The molecule has 2 aliphatic heterocycles. The van der Waals surface area contributed by atoms with Crippen LogP contribution < -0.4 is 19.7 Å². The van der Waals surface area contributed by atoms with E-state index >= 15 is 0 Å². The van der Waals surface area contributed by atoms with Crippen LogP contribution in [0, 0.1) is 0 Å². The molecule has 0 atom stereocenters. The largest absolute Gasteiger partial charge is 0.454 e. The number of nitrogens with zero attached hydrogens (tertiary/aromatic N) is 2. The van der Waals surface area contributed by atoms with Crippen molar-refractivity contribution in [1.29, 1.82) is 0 Å². The second-order valence-corrected chi connectivity index (χ2v) is 8.13. The summed E-state index contributed by atoms with van der Waals surface area (Å²) in [7, 11) is 0. The standard InChI is InChI=1S/C24H15N3O4S.BrH/c28-22-17-6-1-2-7-18(17)23(29)27(22)16-5-3-4-14(10-16)19-12-32-24(26-19)25-15-8-9-20-21(11-15)31-13-30-20;/h1-12H,13H2,(H,25,26);1H. The number of thiazole rings is 1. The summed E-state index contributed by atoms with van der Waals surface area (Å²) in [5.41, 5.74) is 3.77. The topological polar surface area (TPSA) is 80.8 Å². The van der Waals surface area contributed by atoms with Gasteiger partial charge in [0.15, 0.2) is 16.6 Å². The first-order chi connectivity index (χ1) is 15.7. The Morgan fingerprint density at radius 3 is 2.42 bits per heavy atom. The molecule has 7 nitrogen and oxygen atoms in total. The molecule has 33 heavy (non-hydrogen) atoms. The normalized spacial score (nSPS) is 13.6. The molecule has 0 spiro atoms. The van der Waals surface area contributed by atoms with Gasteiger partial charge in [-0.1, -0.05) is 24.3 Å². The van der Waals surface area contributed by atoms with Gasteiger partial charge >= 0.3 is 0 Å². The zero-order valence-electron chi connectivity index (χ0n) is 17.0. The van der Waals surface area contributed by atoms with Gasteiger partial charge in [-0.15, -0.1) is 28.3 Å². The highest BCUT2D eigenvalue weighted by Crippen LogP contribution is 2.36. The first-order valence-corrected chi connectivity index (χ1v) is 10.8. The fraction of sp³-hybridized carbons (Fsp3) is 0.0417. The Balaban J connectivity index is 0.00000228. The van der Waals surface area contributed by atoms with E-state index in [-0.39, 0.29) is 35.6 Å². The number of hydrogen-bond donors (Lipinski definition) is 1. The highest BCUT2D eigenvalue weighted by Gasteiger charge is 2.36. The third-order valence-corrected chi connectivity index (χ3v) is 6.08. The van der Waals surface area contributed by atoms with E-state index in [1.165, 1.54) is 16.2 Å². The van der Waals surface area contributed by atoms with Crippen molar-refractivity contribution in [2.45, 2.75) is 0 Å². The molecule has 6 rings (SSSR count). The van der Waals surface area contributed by atoms with Crippen LogP contribution in [0.15, 0.2) is 72.1 Å². The minimum absolute atomic E-state index is 0. The minimum atomic E-state index is -0.314. The van der Waals surface area contributed by atoms with Crippen molar-refractivity contribution in [3.63, 3.8) is 0 Å². The lowest BCUT2D eigenvalue weighted by Gasteiger charge is -2.14. The fourth-order valence-electron chi connectivity index (χ4n) is 3.79. The summed E-state index contributed by atoms with van der Waals surface area (Å²) in [5.74, 6) is 0.790. The number of imide groups is 1. The van der Waals surface area contributed by atoms with Gasteiger partial charge in [0.2, 0.25) is 6.79 Å². The Hall–Kier alpha value is -3.69. The Morgan fingerprint density at radius 1 is 0.879 bits per heavy atom. The van der Waals surface area contributed by atoms with Crippen molar-refractivity contribution >= 4 is 56.6 Å². The summed E-state index contributed by atoms with van der Waals surface area (Å²) in [6.07, 6.45) is 0. The lowest BCUT2D eigenvalue weighted by Crippen LogP contribution is -2.29. The van der Waals surface area contributed by atoms with Gasteiger partial charge in [-0.25, -0.2) is 9.88 Å². The molecule has 2 amide bonds. The van der Waals surface area contributed by atoms with Crippen LogP contribution in [0.5, 0.6) is 11.5 Å². The van der Waals surface area contributed by atoms with Gasteiger partial charge < -0.3 is 14.8 Å². The molecule has 164 valence electrons. The first kappa shape index (κ1) is 21.2. The maximum atomic E-state index is 12.8. The average molecular weight is 522 g/mol. The molecule has 9 heteroatoms. The van der Waals surface area contributed by atoms with Gasteiger partial charge in [-0.3, -0.25) is 9.59 Å². The van der Waals surface area contributed by atoms with Gasteiger partial charge in [0, 0.05) is 22.7 Å². The molecule has 0 aliphatic carbocycles. The van der Waals surface area contributed by atoms with E-state index in [1.54, 1.807) is 36.4 Å². The molecule has 0 fully saturated rings. The number of halogens is 1. The maximum Gasteiger partial charge on any atom is 0.266 e. The Kier molecular flexibility index (Phi) is 5.35. The third-order valence-electron chi connectivity index (χ3n) is 5.32. The van der Waals surface area contributed by atoms with Crippen LogP contribution in [0.1, 0.15) is 20.7 Å². The molecule has 3 aromatic carbocycles. The number of anilines is 3. The van der Waals surface area contributed by atoms with E-state index in [2.05, 4.69) is 10.3 Å². The van der Waals surface area contributed by atoms with Crippen molar-refractivity contribution < 1.29 is 19.1 Å². The highest BCUT2D eigenvalue weighted by atomic mass is 79.9. The molecular formula is C24H16BrN3O4S. The summed E-state index contributed by atoms with van der Waals surface area (Å²) in [5, 5.41) is 5.91. The zero-order valence-corrected chi connectivity index (χ0v) is 19.5. The van der Waals surface area contributed by atoms with Crippen molar-refractivity contribution in [3.05, 3.63) is 83.2 Å². The van der Waals surface area contributed by atoms with Gasteiger partial charge in [-0.2, -0.15) is 0 Å². The van der Waals surface area contributed by atoms with Crippen LogP contribution in [0.4, 0.5) is 16.5 Å². The van der Waals surface area contributed by atoms with Gasteiger partial charge in [0.25, 0.3) is 11.8 Å². The fourth-order valence-corrected chi connectivity index (χ4v) is 4.53. The third kappa shape index (κ3) is 3.65. The van der Waals surface area contributed by atoms with Crippen LogP contribution in [0.2, 0.25) is 0 Å². The van der Waals surface area contributed by atoms with E-state index in [9.17, 15) is 9.59 Å². The van der Waals surface area contributed by atoms with Gasteiger partial charge in [0.1, 0.15) is 0 Å². The molecular weight excluding hydrogens is 506 g/mol. The minimum Gasteiger partial charge on any atom is -0.454 e. The first-order valence-electron chi connectivity index (χ1n) is 9.88. The molecule has 0 saturated heterocycles. The van der Waals surface area contributed by atoms with Crippen molar-refractivity contribution in [3.8, 4) is 22.8 Å². The highest BCUT2D eigenvalue weighted by molar-refractivity contribution is 8.93. The summed E-state index contributed by atoms with van der Waals surface area (Å²) < 4.78 is 10.8. The Labute approximate surface area is 203 Å². The van der Waals surface area contributed by atoms with Crippen molar-refractivity contribution in [2.24, 2.45) is 0 Å². The van der Waals surface area contributed by atoms with Crippen molar-refractivity contribution in [1.82, 2.24) is 4.98 Å². The van der Waals surface area contributed by atoms with Gasteiger partial charge in [-0.05, 0) is 36.4 Å². The predicted molar refractivity (Wildman–Crippen MR) is 131 cm³/mol. The second-order valence-electron chi connectivity index (χ2n) is 7.27. The SMILES string of the molecule is Br.O=C1c2ccccc2C(=O)N1c1cccc(-c2csc(Nc3ccc4c(c3)OCO4)n2)c1. The van der Waals surface area contributed by atoms with Crippen LogP contribution in [-0.4, -0.2) is 23.6 Å². The number of hydrogen-bond acceptors (Lipinski definition) is 7. The number of nitrogens with one attached hydrogen (secondary N) is 1. The lowest BCUT2D eigenvalue weighted by atomic mass is 10.1. The molecule has 2 aliphatic rings. The number of ether oxygens (including phenoxy) is 2. The molecule has 0 radical (unpaired) electrons. The maximum absolute atomic E-state index is 12.8. The molecule has 1 aromatic heterocycles. The Morgan fingerprint density at radius 2 is 1.64 bits per heavy atom. The monoisotopic (exact) mass is 521 g/mol. The summed E-state index contributed by atoms with van der Waals surface area (Å²) >= 11 is 1.46. The zero-order chi connectivity index (χ0) is 21.7. The smallest absolute Gasteiger partial charge is 0.266 e. The average Bonchev–Trinajstić information content (AvgIpc) is 3.53. The number of fused-ring (bicyclic) bond motifs is 2. The molecule has 0 bridgehead atoms. The number of rotatable bonds is 4. The molecule has 4 aromatic rings. The molecule has 0 unspecified atom stereocenters. The van der Waals surface area contributed by atoms with Crippen LogP contribution >= 0.6 is 28.3 Å². The lowest BCUT2D eigenvalue weighted by molar-refractivity contribution is 0.0926. The van der Waals surface area contributed by atoms with E-state index in [4.69, 9.17) is 9.47 Å². The number of aromatic nitrogens is 1. The van der Waals surface area contributed by atoms with Crippen LogP contribution in [0.25, 0.3) is 11.3 Å². The van der Waals surface area contributed by atoms with Gasteiger partial charge in [0.05, 0.1) is 22.5 Å². The van der Waals surface area contributed by atoms with E-state index in [1.807, 2.05) is 35.7 Å². The summed E-state index contributed by atoms with van der Waals surface area (Å²) in [6, 6.07) is 19.8. The number of carbonyl (C=O) groups excluding carboxylic acids is 2. The van der Waals surface area contributed by atoms with Crippen LogP contribution in [-0.2, 0) is 0 Å². The number of benzene rings is 3. The summed E-state index contributed by atoms with van der Waals surface area (Å²) in [4.78, 5) is 31.5. The van der Waals surface area contributed by atoms with E-state index in [0.717, 1.165) is 22.7 Å². The van der Waals surface area contributed by atoms with Crippen LogP contribution in [0.3, 0.4) is 0 Å². The quantitative estimate of drug-likeness (QED) is 0.349. The summed E-state index contributed by atoms with van der Waals surface area (Å²) in [6.45, 7) is 0.226. The number of amides is 2. The number of carbonyl (C=O) groups is 2. The predicted octanol–water partition coefficient (Wildman–Crippen LogP) is 5.66. The molecule has 0 saturated carbocycles.